The van der Waals surface area contributed by atoms with Gasteiger partial charge in [0.2, 0.25) is 0 Å². The van der Waals surface area contributed by atoms with Crippen molar-refractivity contribution in [3.8, 4) is 34.1 Å². The number of alkyl halides is 2. The van der Waals surface area contributed by atoms with E-state index in [0.29, 0.717) is 39.7 Å². The number of aryl methyl sites for hydroxylation is 1. The Morgan fingerprint density at radius 3 is 2.65 bits per heavy atom. The molecule has 0 radical (unpaired) electrons. The van der Waals surface area contributed by atoms with Crippen molar-refractivity contribution in [1.29, 1.82) is 5.41 Å². The Kier molecular flexibility index (Phi) is 6.13. The summed E-state index contributed by atoms with van der Waals surface area (Å²) in [5.41, 5.74) is 2.12. The van der Waals surface area contributed by atoms with Crippen LogP contribution in [0.1, 0.15) is 11.5 Å². The number of fused-ring (bicyclic) bond motifs is 1. The third kappa shape index (κ3) is 4.51. The van der Waals surface area contributed by atoms with Crippen molar-refractivity contribution < 1.29 is 32.2 Å². The molecule has 11 heteroatoms. The molecule has 2 heterocycles. The van der Waals surface area contributed by atoms with Gasteiger partial charge in [0.25, 0.3) is 0 Å². The molecule has 0 unspecified atom stereocenters. The molecule has 2 N–H and O–H groups in total. The van der Waals surface area contributed by atoms with Crippen molar-refractivity contribution in [2.45, 2.75) is 13.2 Å². The van der Waals surface area contributed by atoms with Crippen molar-refractivity contribution in [3.63, 3.8) is 0 Å². The highest BCUT2D eigenvalue weighted by atomic mass is 79.9. The molecule has 0 saturated heterocycles. The van der Waals surface area contributed by atoms with E-state index in [1.165, 1.54) is 25.3 Å². The summed E-state index contributed by atoms with van der Waals surface area (Å²) < 4.78 is 47.3. The van der Waals surface area contributed by atoms with E-state index in [1.807, 2.05) is 0 Å². The van der Waals surface area contributed by atoms with E-state index >= 15 is 0 Å². The lowest BCUT2D eigenvalue weighted by Gasteiger charge is -2.13. The summed E-state index contributed by atoms with van der Waals surface area (Å²) >= 11 is 3.45. The molecular formula is C23H18BrF2N3O5. The zero-order chi connectivity index (χ0) is 24.6. The van der Waals surface area contributed by atoms with Gasteiger partial charge < -0.3 is 23.9 Å². The summed E-state index contributed by atoms with van der Waals surface area (Å²) in [6.07, 6.45) is -2.40. The van der Waals surface area contributed by atoms with Gasteiger partial charge in [-0.25, -0.2) is 9.78 Å². The summed E-state index contributed by atoms with van der Waals surface area (Å²) in [6.45, 7) is 1.66. The number of halogens is 3. The van der Waals surface area contributed by atoms with E-state index < -0.39 is 12.3 Å². The largest absolute Gasteiger partial charge is 0.586 e. The van der Waals surface area contributed by atoms with Crippen molar-refractivity contribution in [3.05, 3.63) is 58.4 Å². The molecule has 1 aromatic heterocycles. The molecule has 3 aromatic rings. The molecule has 0 fully saturated rings. The number of ether oxygens (including phenoxy) is 3. The molecule has 34 heavy (non-hydrogen) atoms. The first kappa shape index (κ1) is 23.4. The van der Waals surface area contributed by atoms with E-state index in [9.17, 15) is 13.6 Å². The number of aromatic nitrogens is 1. The van der Waals surface area contributed by atoms with Gasteiger partial charge >= 0.3 is 12.3 Å². The van der Waals surface area contributed by atoms with Gasteiger partial charge in [0, 0.05) is 40.8 Å². The minimum Gasteiger partial charge on any atom is -0.464 e. The van der Waals surface area contributed by atoms with Crippen LogP contribution in [0.3, 0.4) is 0 Å². The van der Waals surface area contributed by atoms with Crippen LogP contribution in [-0.2, 0) is 9.53 Å². The SMILES string of the molecule is CN/C(=C\C(=N)C(=O)OC)c1ccc(Br)cc1-c1oc(C)nc1-c1ccc2c(c1)OC(F)(F)O2. The van der Waals surface area contributed by atoms with Gasteiger partial charge in [0.15, 0.2) is 23.1 Å². The maximum Gasteiger partial charge on any atom is 0.586 e. The number of rotatable bonds is 6. The fourth-order valence-corrected chi connectivity index (χ4v) is 3.80. The molecule has 1 aliphatic rings. The summed E-state index contributed by atoms with van der Waals surface area (Å²) in [6, 6.07) is 9.69. The van der Waals surface area contributed by atoms with Crippen molar-refractivity contribution in [2.24, 2.45) is 0 Å². The van der Waals surface area contributed by atoms with Crippen LogP contribution in [0.15, 0.2) is 51.4 Å². The van der Waals surface area contributed by atoms with Gasteiger partial charge in [-0.05, 0) is 36.4 Å². The molecule has 0 aliphatic carbocycles. The molecule has 1 aliphatic heterocycles. The topological polar surface area (TPSA) is 107 Å². The lowest BCUT2D eigenvalue weighted by atomic mass is 9.98. The average molecular weight is 534 g/mol. The van der Waals surface area contributed by atoms with Crippen LogP contribution in [0.25, 0.3) is 28.3 Å². The van der Waals surface area contributed by atoms with Gasteiger partial charge in [0.1, 0.15) is 11.4 Å². The van der Waals surface area contributed by atoms with Gasteiger partial charge in [-0.15, -0.1) is 8.78 Å². The molecule has 2 aromatic carbocycles. The molecule has 4 rings (SSSR count). The van der Waals surface area contributed by atoms with Crippen LogP contribution in [-0.4, -0.2) is 37.1 Å². The molecule has 0 spiro atoms. The number of nitrogens with one attached hydrogen (secondary N) is 2. The average Bonchev–Trinajstić information content (AvgIpc) is 3.33. The second kappa shape index (κ2) is 8.90. The lowest BCUT2D eigenvalue weighted by molar-refractivity contribution is -0.286. The Balaban J connectivity index is 1.85. The number of hydrogen-bond acceptors (Lipinski definition) is 8. The van der Waals surface area contributed by atoms with Gasteiger partial charge in [-0.1, -0.05) is 22.0 Å². The predicted octanol–water partition coefficient (Wildman–Crippen LogP) is 5.15. The van der Waals surface area contributed by atoms with E-state index in [0.717, 1.165) is 4.47 Å². The van der Waals surface area contributed by atoms with E-state index in [4.69, 9.17) is 9.83 Å². The van der Waals surface area contributed by atoms with Crippen LogP contribution >= 0.6 is 15.9 Å². The molecule has 0 atom stereocenters. The minimum absolute atomic E-state index is 0.0830. The maximum atomic E-state index is 13.5. The molecule has 0 bridgehead atoms. The molecule has 176 valence electrons. The molecule has 0 saturated carbocycles. The summed E-state index contributed by atoms with van der Waals surface area (Å²) in [5.74, 6) is -0.299. The number of esters is 1. The van der Waals surface area contributed by atoms with Gasteiger partial charge in [-0.3, -0.25) is 5.41 Å². The fraction of sp³-hybridized carbons (Fsp3) is 0.174. The van der Waals surface area contributed by atoms with E-state index in [1.54, 1.807) is 38.2 Å². The van der Waals surface area contributed by atoms with Gasteiger partial charge in [-0.2, -0.15) is 0 Å². The number of hydrogen-bond donors (Lipinski definition) is 2. The highest BCUT2D eigenvalue weighted by Gasteiger charge is 2.43. The standard InChI is InChI=1S/C23H18BrF2N3O5/c1-11-29-20(12-4-7-18-19(8-12)34-23(25,26)33-18)21(32-11)15-9-13(24)5-6-14(15)17(28-2)10-16(27)22(30)31-3/h4-10,27-28H,1-3H3/b17-10-,27-16?. The normalized spacial score (nSPS) is 14.1. The number of oxazole rings is 1. The number of methoxy groups -OCH3 is 1. The Morgan fingerprint density at radius 1 is 1.21 bits per heavy atom. The number of carbonyl (C=O) groups is 1. The summed E-state index contributed by atoms with van der Waals surface area (Å²) in [5, 5.41) is 10.9. The first-order chi connectivity index (χ1) is 16.1. The number of benzene rings is 2. The second-order valence-corrected chi connectivity index (χ2v) is 8.06. The van der Waals surface area contributed by atoms with E-state index in [2.05, 4.69) is 40.4 Å². The minimum atomic E-state index is -3.74. The Bertz CT molecular complexity index is 1340. The first-order valence-electron chi connectivity index (χ1n) is 9.86. The molecular weight excluding hydrogens is 516 g/mol. The zero-order valence-corrected chi connectivity index (χ0v) is 19.7. The third-order valence-electron chi connectivity index (χ3n) is 4.89. The Labute approximate surface area is 201 Å². The monoisotopic (exact) mass is 533 g/mol. The van der Waals surface area contributed by atoms with Crippen molar-refractivity contribution in [2.75, 3.05) is 14.2 Å². The third-order valence-corrected chi connectivity index (χ3v) is 5.38. The highest BCUT2D eigenvalue weighted by molar-refractivity contribution is 9.10. The van der Waals surface area contributed by atoms with Crippen LogP contribution in [0.5, 0.6) is 11.5 Å². The van der Waals surface area contributed by atoms with Gasteiger partial charge in [0.05, 0.1) is 7.11 Å². The summed E-state index contributed by atoms with van der Waals surface area (Å²) in [7, 11) is 2.84. The van der Waals surface area contributed by atoms with Crippen LogP contribution < -0.4 is 14.8 Å². The van der Waals surface area contributed by atoms with Crippen LogP contribution in [0.2, 0.25) is 0 Å². The van der Waals surface area contributed by atoms with E-state index in [-0.39, 0.29) is 17.2 Å². The predicted molar refractivity (Wildman–Crippen MR) is 123 cm³/mol. The fourth-order valence-electron chi connectivity index (χ4n) is 3.44. The molecule has 0 amide bonds. The first-order valence-corrected chi connectivity index (χ1v) is 10.7. The summed E-state index contributed by atoms with van der Waals surface area (Å²) in [4.78, 5) is 16.2. The Hall–Kier alpha value is -3.73. The maximum absolute atomic E-state index is 13.5. The van der Waals surface area contributed by atoms with Crippen LogP contribution in [0, 0.1) is 12.3 Å². The van der Waals surface area contributed by atoms with Crippen molar-refractivity contribution >= 4 is 33.3 Å². The Morgan fingerprint density at radius 2 is 1.94 bits per heavy atom. The second-order valence-electron chi connectivity index (χ2n) is 7.14. The smallest absolute Gasteiger partial charge is 0.464 e. The zero-order valence-electron chi connectivity index (χ0n) is 18.2. The number of carbonyl (C=O) groups excluding carboxylic acids is 1. The number of nitrogens with zero attached hydrogens (tertiary/aromatic N) is 1. The highest BCUT2D eigenvalue weighted by Crippen LogP contribution is 2.45. The molecule has 8 nitrogen and oxygen atoms in total. The van der Waals surface area contributed by atoms with Crippen LogP contribution in [0.4, 0.5) is 8.78 Å². The lowest BCUT2D eigenvalue weighted by Crippen LogP contribution is -2.25. The van der Waals surface area contributed by atoms with Crippen molar-refractivity contribution in [1.82, 2.24) is 10.3 Å². The quantitative estimate of drug-likeness (QED) is 0.333.